The second-order valence-electron chi connectivity index (χ2n) is 2.95. The minimum absolute atomic E-state index is 0.427. The van der Waals surface area contributed by atoms with E-state index in [2.05, 4.69) is 12.8 Å². The Hall–Kier alpha value is -0.520. The molecular formula is C11H20O2. The Kier molecular flexibility index (Phi) is 11.0. The molecule has 0 aliphatic rings. The maximum atomic E-state index is 5.24. The van der Waals surface area contributed by atoms with Crippen LogP contribution in [0.5, 0.6) is 0 Å². The van der Waals surface area contributed by atoms with Crippen LogP contribution in [0.15, 0.2) is 0 Å². The normalized spacial score (nSPS) is 9.85. The molecule has 0 saturated carbocycles. The highest BCUT2D eigenvalue weighted by Gasteiger charge is 1.89. The molecule has 0 atom stereocenters. The summed E-state index contributed by atoms with van der Waals surface area (Å²) in [5, 5.41) is 0. The number of terminal acetylenes is 1. The molecule has 0 heterocycles. The number of rotatable bonds is 9. The molecule has 0 N–H and O–H groups in total. The van der Waals surface area contributed by atoms with Crippen molar-refractivity contribution in [1.82, 2.24) is 0 Å². The van der Waals surface area contributed by atoms with Gasteiger partial charge in [-0.3, -0.25) is 0 Å². The molecule has 0 rings (SSSR count). The van der Waals surface area contributed by atoms with E-state index >= 15 is 0 Å². The van der Waals surface area contributed by atoms with Crippen molar-refractivity contribution in [3.05, 3.63) is 0 Å². The van der Waals surface area contributed by atoms with Crippen molar-refractivity contribution in [3.63, 3.8) is 0 Å². The molecular weight excluding hydrogens is 164 g/mol. The van der Waals surface area contributed by atoms with Crippen molar-refractivity contribution in [3.8, 4) is 12.3 Å². The maximum absolute atomic E-state index is 5.24. The lowest BCUT2D eigenvalue weighted by molar-refractivity contribution is -0.0551. The van der Waals surface area contributed by atoms with Crippen molar-refractivity contribution in [1.29, 1.82) is 0 Å². The average molecular weight is 184 g/mol. The molecule has 0 fully saturated rings. The summed E-state index contributed by atoms with van der Waals surface area (Å²) in [6.07, 6.45) is 10.3. The van der Waals surface area contributed by atoms with Gasteiger partial charge in [0, 0.05) is 19.6 Å². The number of hydrogen-bond donors (Lipinski definition) is 0. The predicted octanol–water partition coefficient (Wildman–Crippen LogP) is 2.58. The topological polar surface area (TPSA) is 18.5 Å². The molecule has 0 bridgehead atoms. The maximum Gasteiger partial charge on any atom is 0.146 e. The van der Waals surface area contributed by atoms with Gasteiger partial charge >= 0.3 is 0 Å². The molecule has 13 heavy (non-hydrogen) atoms. The highest BCUT2D eigenvalue weighted by molar-refractivity contribution is 4.82. The van der Waals surface area contributed by atoms with Gasteiger partial charge in [0.1, 0.15) is 6.79 Å². The van der Waals surface area contributed by atoms with Crippen LogP contribution in [0.1, 0.15) is 39.0 Å². The van der Waals surface area contributed by atoms with Crippen LogP contribution in [0.4, 0.5) is 0 Å². The van der Waals surface area contributed by atoms with E-state index in [0.717, 1.165) is 38.9 Å². The Balaban J connectivity index is 2.80. The molecule has 76 valence electrons. The molecule has 2 nitrogen and oxygen atoms in total. The van der Waals surface area contributed by atoms with Crippen LogP contribution in [-0.4, -0.2) is 20.0 Å². The van der Waals surface area contributed by atoms with Crippen molar-refractivity contribution in [2.75, 3.05) is 20.0 Å². The summed E-state index contributed by atoms with van der Waals surface area (Å²) < 4.78 is 10.5. The van der Waals surface area contributed by atoms with E-state index in [0.29, 0.717) is 6.79 Å². The van der Waals surface area contributed by atoms with Gasteiger partial charge in [-0.05, 0) is 19.3 Å². The van der Waals surface area contributed by atoms with Crippen LogP contribution in [0.25, 0.3) is 0 Å². The van der Waals surface area contributed by atoms with Gasteiger partial charge in [0.05, 0.1) is 0 Å². The summed E-state index contributed by atoms with van der Waals surface area (Å²) in [5.41, 5.74) is 0. The number of ether oxygens (including phenoxy) is 2. The SMILES string of the molecule is C#CCCCCOCOCCCC. The summed E-state index contributed by atoms with van der Waals surface area (Å²) in [6, 6.07) is 0. The molecule has 0 aromatic heterocycles. The standard InChI is InChI=1S/C11H20O2/c1-3-5-7-8-10-13-11-12-9-6-4-2/h1H,4-11H2,2H3. The van der Waals surface area contributed by atoms with E-state index in [1.165, 1.54) is 6.42 Å². The van der Waals surface area contributed by atoms with E-state index in [1.807, 2.05) is 0 Å². The largest absolute Gasteiger partial charge is 0.355 e. The Labute approximate surface area is 81.6 Å². The van der Waals surface area contributed by atoms with Crippen molar-refractivity contribution < 1.29 is 9.47 Å². The fourth-order valence-electron chi connectivity index (χ4n) is 0.854. The van der Waals surface area contributed by atoms with Crippen LogP contribution in [0, 0.1) is 12.3 Å². The number of unbranched alkanes of at least 4 members (excludes halogenated alkanes) is 3. The van der Waals surface area contributed by atoms with Crippen LogP contribution >= 0.6 is 0 Å². The lowest BCUT2D eigenvalue weighted by Gasteiger charge is -2.04. The van der Waals surface area contributed by atoms with Gasteiger partial charge in [0.15, 0.2) is 0 Å². The smallest absolute Gasteiger partial charge is 0.146 e. The minimum Gasteiger partial charge on any atom is -0.355 e. The van der Waals surface area contributed by atoms with Gasteiger partial charge < -0.3 is 9.47 Å². The molecule has 0 aromatic rings. The van der Waals surface area contributed by atoms with Crippen molar-refractivity contribution >= 4 is 0 Å². The molecule has 0 saturated heterocycles. The third-order valence-corrected chi connectivity index (χ3v) is 1.67. The first-order valence-electron chi connectivity index (χ1n) is 5.00. The predicted molar refractivity (Wildman–Crippen MR) is 54.4 cm³/mol. The molecule has 0 spiro atoms. The van der Waals surface area contributed by atoms with Gasteiger partial charge in [-0.25, -0.2) is 0 Å². The summed E-state index contributed by atoms with van der Waals surface area (Å²) in [4.78, 5) is 0. The molecule has 0 aromatic carbocycles. The van der Waals surface area contributed by atoms with Gasteiger partial charge in [-0.2, -0.15) is 0 Å². The lowest BCUT2D eigenvalue weighted by Crippen LogP contribution is -2.02. The van der Waals surface area contributed by atoms with Crippen molar-refractivity contribution in [2.45, 2.75) is 39.0 Å². The fraction of sp³-hybridized carbons (Fsp3) is 0.818. The van der Waals surface area contributed by atoms with E-state index < -0.39 is 0 Å². The van der Waals surface area contributed by atoms with E-state index in [1.54, 1.807) is 0 Å². The van der Waals surface area contributed by atoms with E-state index in [9.17, 15) is 0 Å². The van der Waals surface area contributed by atoms with Crippen LogP contribution in [-0.2, 0) is 9.47 Å². The average Bonchev–Trinajstić information content (AvgIpc) is 2.16. The van der Waals surface area contributed by atoms with Gasteiger partial charge in [0.25, 0.3) is 0 Å². The summed E-state index contributed by atoms with van der Waals surface area (Å²) in [6.45, 7) is 4.13. The Morgan fingerprint density at radius 3 is 2.38 bits per heavy atom. The highest BCUT2D eigenvalue weighted by atomic mass is 16.7. The molecule has 0 aliphatic heterocycles. The highest BCUT2D eigenvalue weighted by Crippen LogP contribution is 1.94. The molecule has 0 radical (unpaired) electrons. The summed E-state index contributed by atoms with van der Waals surface area (Å²) in [5.74, 6) is 2.60. The van der Waals surface area contributed by atoms with Gasteiger partial charge in [-0.15, -0.1) is 12.3 Å². The van der Waals surface area contributed by atoms with Crippen LogP contribution < -0.4 is 0 Å². The zero-order chi connectivity index (χ0) is 9.78. The van der Waals surface area contributed by atoms with Gasteiger partial charge in [-0.1, -0.05) is 13.3 Å². The molecule has 2 heteroatoms. The lowest BCUT2D eigenvalue weighted by atomic mass is 10.2. The summed E-state index contributed by atoms with van der Waals surface area (Å²) in [7, 11) is 0. The van der Waals surface area contributed by atoms with E-state index in [-0.39, 0.29) is 0 Å². The second-order valence-corrected chi connectivity index (χ2v) is 2.95. The monoisotopic (exact) mass is 184 g/mol. The zero-order valence-electron chi connectivity index (χ0n) is 8.55. The third-order valence-electron chi connectivity index (χ3n) is 1.67. The fourth-order valence-corrected chi connectivity index (χ4v) is 0.854. The van der Waals surface area contributed by atoms with Crippen LogP contribution in [0.2, 0.25) is 0 Å². The Bertz CT molecular complexity index is 127. The number of hydrogen-bond acceptors (Lipinski definition) is 2. The third kappa shape index (κ3) is 11.5. The quantitative estimate of drug-likeness (QED) is 0.311. The first-order valence-corrected chi connectivity index (χ1v) is 5.00. The van der Waals surface area contributed by atoms with Gasteiger partial charge in [0.2, 0.25) is 0 Å². The molecule has 0 aliphatic carbocycles. The molecule has 0 unspecified atom stereocenters. The first kappa shape index (κ1) is 12.5. The second kappa shape index (κ2) is 11.5. The van der Waals surface area contributed by atoms with Crippen molar-refractivity contribution in [2.24, 2.45) is 0 Å². The Morgan fingerprint density at radius 2 is 1.77 bits per heavy atom. The molecule has 0 amide bonds. The van der Waals surface area contributed by atoms with Crippen LogP contribution in [0.3, 0.4) is 0 Å². The summed E-state index contributed by atoms with van der Waals surface area (Å²) >= 11 is 0. The Morgan fingerprint density at radius 1 is 1.08 bits per heavy atom. The van der Waals surface area contributed by atoms with E-state index in [4.69, 9.17) is 15.9 Å². The first-order chi connectivity index (χ1) is 6.41. The minimum atomic E-state index is 0.427. The zero-order valence-corrected chi connectivity index (χ0v) is 8.55.